The van der Waals surface area contributed by atoms with Crippen LogP contribution in [0.1, 0.15) is 11.1 Å². The van der Waals surface area contributed by atoms with Gasteiger partial charge in [0.15, 0.2) is 0 Å². The average molecular weight is 220 g/mol. The van der Waals surface area contributed by atoms with Crippen molar-refractivity contribution < 1.29 is 8.42 Å². The molecule has 0 bridgehead atoms. The van der Waals surface area contributed by atoms with E-state index in [4.69, 9.17) is 16.7 Å². The summed E-state index contributed by atoms with van der Waals surface area (Å²) < 4.78 is 22.2. The predicted octanol–water partition coefficient (Wildman–Crippen LogP) is 1.60. The Kier molecular flexibility index (Phi) is 2.66. The topological polar surface area (TPSA) is 60.2 Å². The Bertz CT molecular complexity index is 416. The molecule has 0 aliphatic heterocycles. The van der Waals surface area contributed by atoms with Crippen LogP contribution in [0.3, 0.4) is 0 Å². The highest BCUT2D eigenvalue weighted by atomic mass is 35.5. The Morgan fingerprint density at radius 3 is 1.92 bits per heavy atom. The summed E-state index contributed by atoms with van der Waals surface area (Å²) in [5.74, 6) is 0. The van der Waals surface area contributed by atoms with Crippen molar-refractivity contribution in [3.63, 3.8) is 0 Å². The highest BCUT2D eigenvalue weighted by molar-refractivity contribution is 7.89. The lowest BCUT2D eigenvalue weighted by Crippen LogP contribution is -2.15. The number of hydrogen-bond acceptors (Lipinski definition) is 2. The molecule has 13 heavy (non-hydrogen) atoms. The number of aryl methyl sites for hydroxylation is 2. The molecule has 72 valence electrons. The Morgan fingerprint density at radius 2 is 1.62 bits per heavy atom. The molecule has 5 heteroatoms. The van der Waals surface area contributed by atoms with E-state index < -0.39 is 10.0 Å². The van der Waals surface area contributed by atoms with Crippen molar-refractivity contribution in [2.45, 2.75) is 18.7 Å². The van der Waals surface area contributed by atoms with Crippen LogP contribution in [-0.2, 0) is 10.0 Å². The quantitative estimate of drug-likeness (QED) is 0.780. The number of primary sulfonamides is 1. The largest absolute Gasteiger partial charge is 0.238 e. The fraction of sp³-hybridized carbons (Fsp3) is 0.250. The molecule has 1 aromatic rings. The number of halogens is 1. The SMILES string of the molecule is Cc1cc(Cl)cc(C)c1S(N)(=O)=O. The van der Waals surface area contributed by atoms with Crippen molar-refractivity contribution in [2.24, 2.45) is 5.14 Å². The second-order valence-electron chi connectivity index (χ2n) is 2.91. The molecule has 0 radical (unpaired) electrons. The Labute approximate surface area is 82.6 Å². The van der Waals surface area contributed by atoms with Gasteiger partial charge in [-0.25, -0.2) is 13.6 Å². The van der Waals surface area contributed by atoms with E-state index in [1.54, 1.807) is 26.0 Å². The van der Waals surface area contributed by atoms with Crippen molar-refractivity contribution in [3.8, 4) is 0 Å². The normalized spacial score (nSPS) is 11.7. The molecule has 0 unspecified atom stereocenters. The van der Waals surface area contributed by atoms with Crippen molar-refractivity contribution in [1.82, 2.24) is 0 Å². The molecule has 3 nitrogen and oxygen atoms in total. The van der Waals surface area contributed by atoms with E-state index in [2.05, 4.69) is 0 Å². The van der Waals surface area contributed by atoms with Gasteiger partial charge in [0.2, 0.25) is 10.0 Å². The van der Waals surface area contributed by atoms with Crippen LogP contribution in [0, 0.1) is 13.8 Å². The Morgan fingerprint density at radius 1 is 1.23 bits per heavy atom. The fourth-order valence-corrected chi connectivity index (χ4v) is 2.69. The monoisotopic (exact) mass is 219 g/mol. The van der Waals surface area contributed by atoms with Gasteiger partial charge in [-0.05, 0) is 37.1 Å². The fourth-order valence-electron chi connectivity index (χ4n) is 1.35. The van der Waals surface area contributed by atoms with E-state index >= 15 is 0 Å². The summed E-state index contributed by atoms with van der Waals surface area (Å²) in [6.07, 6.45) is 0. The number of rotatable bonds is 1. The lowest BCUT2D eigenvalue weighted by atomic mass is 10.2. The van der Waals surface area contributed by atoms with Crippen molar-refractivity contribution >= 4 is 21.6 Å². The Hall–Kier alpha value is -0.580. The van der Waals surface area contributed by atoms with Gasteiger partial charge >= 0.3 is 0 Å². The maximum Gasteiger partial charge on any atom is 0.238 e. The van der Waals surface area contributed by atoms with Gasteiger partial charge in [0, 0.05) is 5.02 Å². The molecular weight excluding hydrogens is 210 g/mol. The molecule has 0 heterocycles. The van der Waals surface area contributed by atoms with Crippen LogP contribution >= 0.6 is 11.6 Å². The average Bonchev–Trinajstić information content (AvgIpc) is 1.78. The van der Waals surface area contributed by atoms with Crippen LogP contribution in [0.2, 0.25) is 5.02 Å². The second kappa shape index (κ2) is 3.29. The minimum atomic E-state index is -3.64. The molecule has 0 aliphatic carbocycles. The van der Waals surface area contributed by atoms with Gasteiger partial charge in [0.25, 0.3) is 0 Å². The van der Waals surface area contributed by atoms with Crippen LogP contribution in [0.25, 0.3) is 0 Å². The van der Waals surface area contributed by atoms with Crippen LogP contribution in [0.15, 0.2) is 17.0 Å². The van der Waals surface area contributed by atoms with Crippen LogP contribution in [0.4, 0.5) is 0 Å². The van der Waals surface area contributed by atoms with E-state index in [1.807, 2.05) is 0 Å². The first-order chi connectivity index (χ1) is 5.82. The molecule has 0 aliphatic rings. The maximum atomic E-state index is 11.1. The van der Waals surface area contributed by atoms with Crippen LogP contribution in [-0.4, -0.2) is 8.42 Å². The predicted molar refractivity (Wildman–Crippen MR) is 52.3 cm³/mol. The summed E-state index contributed by atoms with van der Waals surface area (Å²) in [6, 6.07) is 3.16. The summed E-state index contributed by atoms with van der Waals surface area (Å²) >= 11 is 5.74. The molecule has 0 spiro atoms. The van der Waals surface area contributed by atoms with Gasteiger partial charge in [-0.2, -0.15) is 0 Å². The van der Waals surface area contributed by atoms with Crippen molar-refractivity contribution in [2.75, 3.05) is 0 Å². The molecule has 0 saturated heterocycles. The lowest BCUT2D eigenvalue weighted by molar-refractivity contribution is 0.596. The number of benzene rings is 1. The summed E-state index contributed by atoms with van der Waals surface area (Å²) in [7, 11) is -3.64. The third kappa shape index (κ3) is 2.21. The molecule has 0 aromatic heterocycles. The third-order valence-electron chi connectivity index (χ3n) is 1.71. The van der Waals surface area contributed by atoms with Crippen LogP contribution in [0.5, 0.6) is 0 Å². The molecular formula is C8H10ClNO2S. The molecule has 0 amide bonds. The van der Waals surface area contributed by atoms with Crippen molar-refractivity contribution in [1.29, 1.82) is 0 Å². The van der Waals surface area contributed by atoms with Gasteiger partial charge in [0.1, 0.15) is 0 Å². The standard InChI is InChI=1S/C8H10ClNO2S/c1-5-3-7(9)4-6(2)8(5)13(10,11)12/h3-4H,1-2H3,(H2,10,11,12). The summed E-state index contributed by atoms with van der Waals surface area (Å²) in [6.45, 7) is 3.33. The highest BCUT2D eigenvalue weighted by Gasteiger charge is 2.14. The van der Waals surface area contributed by atoms with Gasteiger partial charge in [-0.15, -0.1) is 0 Å². The van der Waals surface area contributed by atoms with E-state index in [-0.39, 0.29) is 4.90 Å². The summed E-state index contributed by atoms with van der Waals surface area (Å²) in [4.78, 5) is 0.164. The highest BCUT2D eigenvalue weighted by Crippen LogP contribution is 2.22. The van der Waals surface area contributed by atoms with E-state index in [0.29, 0.717) is 16.1 Å². The van der Waals surface area contributed by atoms with E-state index in [0.717, 1.165) is 0 Å². The Balaban J connectivity index is 3.57. The summed E-state index contributed by atoms with van der Waals surface area (Å²) in [5, 5.41) is 5.55. The third-order valence-corrected chi connectivity index (χ3v) is 3.14. The van der Waals surface area contributed by atoms with Gasteiger partial charge in [-0.1, -0.05) is 11.6 Å². The van der Waals surface area contributed by atoms with Gasteiger partial charge in [-0.3, -0.25) is 0 Å². The maximum absolute atomic E-state index is 11.1. The molecule has 0 saturated carbocycles. The number of nitrogens with two attached hydrogens (primary N) is 1. The zero-order chi connectivity index (χ0) is 10.2. The van der Waals surface area contributed by atoms with Gasteiger partial charge in [0.05, 0.1) is 4.90 Å². The molecule has 0 atom stereocenters. The van der Waals surface area contributed by atoms with Gasteiger partial charge < -0.3 is 0 Å². The molecule has 1 aromatic carbocycles. The molecule has 0 fully saturated rings. The zero-order valence-corrected chi connectivity index (χ0v) is 8.91. The minimum Gasteiger partial charge on any atom is -0.225 e. The first-order valence-corrected chi connectivity index (χ1v) is 5.54. The number of hydrogen-bond donors (Lipinski definition) is 1. The minimum absolute atomic E-state index is 0.164. The summed E-state index contributed by atoms with van der Waals surface area (Å²) in [5.41, 5.74) is 1.15. The molecule has 1 rings (SSSR count). The lowest BCUT2D eigenvalue weighted by Gasteiger charge is -2.07. The van der Waals surface area contributed by atoms with E-state index in [1.165, 1.54) is 0 Å². The molecule has 2 N–H and O–H groups in total. The number of sulfonamides is 1. The second-order valence-corrected chi connectivity index (χ2v) is 4.85. The first kappa shape index (κ1) is 10.5. The zero-order valence-electron chi connectivity index (χ0n) is 7.33. The van der Waals surface area contributed by atoms with Crippen molar-refractivity contribution in [3.05, 3.63) is 28.3 Å². The van der Waals surface area contributed by atoms with Crippen LogP contribution < -0.4 is 5.14 Å². The van der Waals surface area contributed by atoms with E-state index in [9.17, 15) is 8.42 Å². The smallest absolute Gasteiger partial charge is 0.225 e. The first-order valence-electron chi connectivity index (χ1n) is 3.62.